The van der Waals surface area contributed by atoms with Gasteiger partial charge in [-0.05, 0) is 36.4 Å². The zero-order valence-corrected chi connectivity index (χ0v) is 12.7. The molecular weight excluding hydrogens is 302 g/mol. The molecule has 0 aliphatic carbocycles. The first kappa shape index (κ1) is 14.1. The molecule has 21 heavy (non-hydrogen) atoms. The quantitative estimate of drug-likeness (QED) is 0.509. The topological polar surface area (TPSA) is 30.0 Å². The number of halogens is 1. The van der Waals surface area contributed by atoms with E-state index in [1.165, 1.54) is 11.8 Å². The summed E-state index contributed by atoms with van der Waals surface area (Å²) < 4.78 is 0. The number of carbonyl (C=O) groups is 1. The summed E-state index contributed by atoms with van der Waals surface area (Å²) in [6.07, 6.45) is 1.75. The van der Waals surface area contributed by atoms with Crippen molar-refractivity contribution in [1.29, 1.82) is 0 Å². The number of pyridine rings is 1. The van der Waals surface area contributed by atoms with E-state index in [4.69, 9.17) is 11.6 Å². The van der Waals surface area contributed by atoms with E-state index in [1.54, 1.807) is 6.20 Å². The molecule has 3 aromatic rings. The molecule has 0 aliphatic rings. The van der Waals surface area contributed by atoms with Crippen molar-refractivity contribution in [2.24, 2.45) is 0 Å². The standard InChI is InChI=1S/C17H12ClNOS/c18-14-5-1-2-6-17(14)21-11-16(20)13-7-8-15-12(10-13)4-3-9-19-15/h1-10H,11H2. The summed E-state index contributed by atoms with van der Waals surface area (Å²) >= 11 is 7.55. The van der Waals surface area contributed by atoms with E-state index < -0.39 is 0 Å². The van der Waals surface area contributed by atoms with Crippen LogP contribution in [0.4, 0.5) is 0 Å². The van der Waals surface area contributed by atoms with Crippen LogP contribution in [0, 0.1) is 0 Å². The first-order valence-electron chi connectivity index (χ1n) is 6.49. The van der Waals surface area contributed by atoms with Crippen LogP contribution in [-0.4, -0.2) is 16.5 Å². The molecule has 2 nitrogen and oxygen atoms in total. The molecule has 0 atom stereocenters. The molecule has 0 radical (unpaired) electrons. The molecule has 0 unspecified atom stereocenters. The second kappa shape index (κ2) is 6.29. The zero-order valence-electron chi connectivity index (χ0n) is 11.1. The lowest BCUT2D eigenvalue weighted by molar-refractivity contribution is 0.102. The van der Waals surface area contributed by atoms with Gasteiger partial charge in [-0.25, -0.2) is 0 Å². The van der Waals surface area contributed by atoms with E-state index in [0.717, 1.165) is 15.8 Å². The lowest BCUT2D eigenvalue weighted by Gasteiger charge is -2.04. The van der Waals surface area contributed by atoms with E-state index in [1.807, 2.05) is 54.6 Å². The minimum Gasteiger partial charge on any atom is -0.293 e. The van der Waals surface area contributed by atoms with Crippen molar-refractivity contribution in [2.45, 2.75) is 4.90 Å². The molecule has 0 aliphatic heterocycles. The number of hydrogen-bond acceptors (Lipinski definition) is 3. The van der Waals surface area contributed by atoms with Gasteiger partial charge in [0, 0.05) is 22.0 Å². The number of fused-ring (bicyclic) bond motifs is 1. The van der Waals surface area contributed by atoms with Crippen LogP contribution in [0.1, 0.15) is 10.4 Å². The lowest BCUT2D eigenvalue weighted by atomic mass is 10.1. The third kappa shape index (κ3) is 3.26. The number of ketones is 1. The summed E-state index contributed by atoms with van der Waals surface area (Å²) in [5, 5.41) is 1.66. The van der Waals surface area contributed by atoms with Gasteiger partial charge in [-0.2, -0.15) is 0 Å². The second-order valence-electron chi connectivity index (χ2n) is 4.55. The Morgan fingerprint density at radius 1 is 1.10 bits per heavy atom. The third-order valence-electron chi connectivity index (χ3n) is 3.12. The fourth-order valence-corrected chi connectivity index (χ4v) is 3.17. The molecule has 0 saturated heterocycles. The van der Waals surface area contributed by atoms with Crippen LogP contribution in [0.5, 0.6) is 0 Å². The fourth-order valence-electron chi connectivity index (χ4n) is 2.04. The lowest BCUT2D eigenvalue weighted by Crippen LogP contribution is -2.02. The first-order chi connectivity index (χ1) is 10.2. The highest BCUT2D eigenvalue weighted by Crippen LogP contribution is 2.27. The van der Waals surface area contributed by atoms with E-state index in [2.05, 4.69) is 4.98 Å². The highest BCUT2D eigenvalue weighted by molar-refractivity contribution is 8.00. The van der Waals surface area contributed by atoms with Gasteiger partial charge in [0.05, 0.1) is 16.3 Å². The highest BCUT2D eigenvalue weighted by atomic mass is 35.5. The number of benzene rings is 2. The van der Waals surface area contributed by atoms with Crippen LogP contribution < -0.4 is 0 Å². The Labute approximate surface area is 132 Å². The Balaban J connectivity index is 1.76. The molecule has 1 aromatic heterocycles. The normalized spacial score (nSPS) is 10.7. The van der Waals surface area contributed by atoms with Crippen molar-refractivity contribution in [1.82, 2.24) is 4.98 Å². The van der Waals surface area contributed by atoms with Gasteiger partial charge in [0.2, 0.25) is 0 Å². The minimum absolute atomic E-state index is 0.0886. The van der Waals surface area contributed by atoms with Gasteiger partial charge >= 0.3 is 0 Å². The second-order valence-corrected chi connectivity index (χ2v) is 5.98. The molecule has 0 fully saturated rings. The SMILES string of the molecule is O=C(CSc1ccccc1Cl)c1ccc2ncccc2c1. The molecule has 0 N–H and O–H groups in total. The molecule has 2 aromatic carbocycles. The number of aromatic nitrogens is 1. The maximum atomic E-state index is 12.3. The van der Waals surface area contributed by atoms with E-state index in [0.29, 0.717) is 16.3 Å². The Bertz CT molecular complexity index is 803. The molecular formula is C17H12ClNOS. The smallest absolute Gasteiger partial charge is 0.173 e. The Morgan fingerprint density at radius 2 is 1.95 bits per heavy atom. The highest BCUT2D eigenvalue weighted by Gasteiger charge is 2.09. The van der Waals surface area contributed by atoms with Gasteiger partial charge in [-0.1, -0.05) is 29.8 Å². The average molecular weight is 314 g/mol. The van der Waals surface area contributed by atoms with E-state index >= 15 is 0 Å². The number of Topliss-reactive ketones (excluding diaryl/α,β-unsaturated/α-hetero) is 1. The molecule has 3 rings (SSSR count). The Morgan fingerprint density at radius 3 is 2.81 bits per heavy atom. The van der Waals surface area contributed by atoms with Gasteiger partial charge in [0.25, 0.3) is 0 Å². The molecule has 0 saturated carbocycles. The summed E-state index contributed by atoms with van der Waals surface area (Å²) in [5.74, 6) is 0.459. The van der Waals surface area contributed by atoms with Crippen molar-refractivity contribution >= 4 is 40.0 Å². The fraction of sp³-hybridized carbons (Fsp3) is 0.0588. The van der Waals surface area contributed by atoms with Gasteiger partial charge in [0.15, 0.2) is 5.78 Å². The number of thioether (sulfide) groups is 1. The monoisotopic (exact) mass is 313 g/mol. The molecule has 104 valence electrons. The van der Waals surface area contributed by atoms with E-state index in [-0.39, 0.29) is 5.78 Å². The van der Waals surface area contributed by atoms with E-state index in [9.17, 15) is 4.79 Å². The van der Waals surface area contributed by atoms with Crippen LogP contribution in [0.3, 0.4) is 0 Å². The summed E-state index contributed by atoms with van der Waals surface area (Å²) in [5.41, 5.74) is 1.60. The summed E-state index contributed by atoms with van der Waals surface area (Å²) in [4.78, 5) is 17.5. The molecule has 0 amide bonds. The Kier molecular flexibility index (Phi) is 4.23. The largest absolute Gasteiger partial charge is 0.293 e. The average Bonchev–Trinajstić information content (AvgIpc) is 2.53. The van der Waals surface area contributed by atoms with Crippen molar-refractivity contribution in [3.63, 3.8) is 0 Å². The third-order valence-corrected chi connectivity index (χ3v) is 4.64. The molecule has 0 bridgehead atoms. The van der Waals surface area contributed by atoms with Crippen LogP contribution >= 0.6 is 23.4 Å². The van der Waals surface area contributed by atoms with Crippen LogP contribution in [0.25, 0.3) is 10.9 Å². The van der Waals surface area contributed by atoms with Crippen molar-refractivity contribution in [3.8, 4) is 0 Å². The van der Waals surface area contributed by atoms with Gasteiger partial charge in [0.1, 0.15) is 0 Å². The zero-order chi connectivity index (χ0) is 14.7. The van der Waals surface area contributed by atoms with Crippen molar-refractivity contribution in [3.05, 3.63) is 71.4 Å². The van der Waals surface area contributed by atoms with Crippen molar-refractivity contribution < 1.29 is 4.79 Å². The summed E-state index contributed by atoms with van der Waals surface area (Å²) in [6, 6.07) is 17.0. The predicted molar refractivity (Wildman–Crippen MR) is 88.2 cm³/mol. The number of hydrogen-bond donors (Lipinski definition) is 0. The Hall–Kier alpha value is -1.84. The summed E-state index contributed by atoms with van der Waals surface area (Å²) in [7, 11) is 0. The van der Waals surface area contributed by atoms with Gasteiger partial charge in [-0.15, -0.1) is 11.8 Å². The molecule has 0 spiro atoms. The maximum Gasteiger partial charge on any atom is 0.173 e. The number of rotatable bonds is 4. The maximum absolute atomic E-state index is 12.3. The van der Waals surface area contributed by atoms with Crippen LogP contribution in [0.2, 0.25) is 5.02 Å². The number of carbonyl (C=O) groups excluding carboxylic acids is 1. The number of nitrogens with zero attached hydrogens (tertiary/aromatic N) is 1. The van der Waals surface area contributed by atoms with Gasteiger partial charge in [-0.3, -0.25) is 9.78 Å². The van der Waals surface area contributed by atoms with Crippen LogP contribution in [-0.2, 0) is 0 Å². The first-order valence-corrected chi connectivity index (χ1v) is 7.86. The summed E-state index contributed by atoms with van der Waals surface area (Å²) in [6.45, 7) is 0. The minimum atomic E-state index is 0.0886. The van der Waals surface area contributed by atoms with Crippen LogP contribution in [0.15, 0.2) is 65.7 Å². The predicted octanol–water partition coefficient (Wildman–Crippen LogP) is 4.86. The van der Waals surface area contributed by atoms with Crippen molar-refractivity contribution in [2.75, 3.05) is 5.75 Å². The molecule has 4 heteroatoms. The molecule has 1 heterocycles. The van der Waals surface area contributed by atoms with Gasteiger partial charge < -0.3 is 0 Å².